The molecular weight excluding hydrogens is 270 g/mol. The van der Waals surface area contributed by atoms with Gasteiger partial charge in [0, 0.05) is 25.6 Å². The Labute approximate surface area is 128 Å². The molecule has 6 nitrogen and oxygen atoms in total. The van der Waals surface area contributed by atoms with Gasteiger partial charge >= 0.3 is 12.0 Å². The topological polar surface area (TPSA) is 81.7 Å². The molecule has 3 N–H and O–H groups in total. The summed E-state index contributed by atoms with van der Waals surface area (Å²) in [5, 5.41) is 14.5. The first-order chi connectivity index (χ1) is 9.74. The summed E-state index contributed by atoms with van der Waals surface area (Å²) in [6, 6.07) is -0.120. The number of carbonyl (C=O) groups excluding carboxylic acids is 1. The van der Waals surface area contributed by atoms with Gasteiger partial charge in [0.1, 0.15) is 0 Å². The van der Waals surface area contributed by atoms with Crippen LogP contribution >= 0.6 is 0 Å². The number of carbonyl (C=O) groups is 2. The largest absolute Gasteiger partial charge is 0.481 e. The fraction of sp³-hybridized carbons (Fsp3) is 0.867. The van der Waals surface area contributed by atoms with Crippen LogP contribution in [0.2, 0.25) is 0 Å². The summed E-state index contributed by atoms with van der Waals surface area (Å²) < 4.78 is 0. The van der Waals surface area contributed by atoms with E-state index in [4.69, 9.17) is 5.11 Å². The van der Waals surface area contributed by atoms with Crippen LogP contribution in [0.25, 0.3) is 0 Å². The van der Waals surface area contributed by atoms with Crippen LogP contribution in [-0.2, 0) is 4.79 Å². The zero-order valence-corrected chi connectivity index (χ0v) is 14.0. The van der Waals surface area contributed by atoms with Gasteiger partial charge in [0.2, 0.25) is 0 Å². The maximum Gasteiger partial charge on any atom is 0.315 e. The predicted molar refractivity (Wildman–Crippen MR) is 84.4 cm³/mol. The number of aliphatic carboxylic acids is 1. The summed E-state index contributed by atoms with van der Waals surface area (Å²) in [5.74, 6) is -0.342. The number of hydrogen-bond donors (Lipinski definition) is 3. The van der Waals surface area contributed by atoms with Gasteiger partial charge in [0.05, 0.1) is 0 Å². The van der Waals surface area contributed by atoms with Crippen molar-refractivity contribution in [3.8, 4) is 0 Å². The summed E-state index contributed by atoms with van der Waals surface area (Å²) in [4.78, 5) is 24.7. The molecule has 0 fully saturated rings. The molecule has 0 aromatic rings. The Morgan fingerprint density at radius 3 is 2.29 bits per heavy atom. The smallest absolute Gasteiger partial charge is 0.315 e. The second-order valence-corrected chi connectivity index (χ2v) is 6.32. The van der Waals surface area contributed by atoms with Crippen LogP contribution in [0.5, 0.6) is 0 Å². The lowest BCUT2D eigenvalue weighted by Gasteiger charge is -2.24. The van der Waals surface area contributed by atoms with E-state index >= 15 is 0 Å². The summed E-state index contributed by atoms with van der Waals surface area (Å²) in [7, 11) is 3.96. The number of likely N-dealkylation sites (N-methyl/N-ethyl adjacent to an activating group) is 1. The summed E-state index contributed by atoms with van der Waals surface area (Å²) in [6.07, 6.45) is 1.74. The van der Waals surface area contributed by atoms with Crippen molar-refractivity contribution in [3.05, 3.63) is 0 Å². The van der Waals surface area contributed by atoms with Crippen molar-refractivity contribution in [3.63, 3.8) is 0 Å². The molecule has 0 rings (SSSR count). The summed E-state index contributed by atoms with van der Waals surface area (Å²) in [6.45, 7) is 7.37. The Balaban J connectivity index is 4.25. The van der Waals surface area contributed by atoms with Crippen molar-refractivity contribution in [2.24, 2.45) is 11.8 Å². The van der Waals surface area contributed by atoms with Crippen molar-refractivity contribution in [2.75, 3.05) is 27.2 Å². The van der Waals surface area contributed by atoms with Gasteiger partial charge in [-0.05, 0) is 32.4 Å². The van der Waals surface area contributed by atoms with E-state index in [2.05, 4.69) is 24.5 Å². The van der Waals surface area contributed by atoms with Gasteiger partial charge in [0.25, 0.3) is 0 Å². The Bertz CT molecular complexity index is 309. The molecule has 0 aromatic carbocycles. The maximum absolute atomic E-state index is 11.9. The average Bonchev–Trinajstić information content (AvgIpc) is 2.32. The normalized spacial score (nSPS) is 14.0. The van der Waals surface area contributed by atoms with Crippen LogP contribution < -0.4 is 10.6 Å². The molecular formula is C15H31N3O3. The Morgan fingerprint density at radius 1 is 1.24 bits per heavy atom. The third-order valence-corrected chi connectivity index (χ3v) is 3.27. The lowest BCUT2D eigenvalue weighted by atomic mass is 10.0. The van der Waals surface area contributed by atoms with E-state index in [1.54, 1.807) is 0 Å². The minimum Gasteiger partial charge on any atom is -0.481 e. The molecule has 0 aliphatic heterocycles. The van der Waals surface area contributed by atoms with Crippen LogP contribution in [0.1, 0.15) is 40.0 Å². The Kier molecular flexibility index (Phi) is 9.78. The van der Waals surface area contributed by atoms with E-state index in [9.17, 15) is 9.59 Å². The van der Waals surface area contributed by atoms with Crippen molar-refractivity contribution >= 4 is 12.0 Å². The van der Waals surface area contributed by atoms with Gasteiger partial charge < -0.3 is 20.6 Å². The van der Waals surface area contributed by atoms with Crippen molar-refractivity contribution in [1.29, 1.82) is 0 Å². The number of carboxylic acid groups (broad SMARTS) is 1. The van der Waals surface area contributed by atoms with E-state index in [1.165, 1.54) is 0 Å². The standard InChI is InChI=1S/C15H31N3O3/c1-6-12(8-14(19)20)9-16-15(21)17-13(7-11(2)3)10-18(4)5/h11-13H,6-10H2,1-5H3,(H,19,20)(H2,16,17,21). The molecule has 2 atom stereocenters. The highest BCUT2D eigenvalue weighted by atomic mass is 16.4. The molecule has 0 radical (unpaired) electrons. The molecule has 0 bridgehead atoms. The second kappa shape index (κ2) is 10.4. The molecule has 2 unspecified atom stereocenters. The average molecular weight is 301 g/mol. The van der Waals surface area contributed by atoms with E-state index < -0.39 is 5.97 Å². The molecule has 0 aliphatic rings. The Hall–Kier alpha value is -1.30. The Morgan fingerprint density at radius 2 is 1.86 bits per heavy atom. The minimum atomic E-state index is -0.825. The number of hydrogen-bond acceptors (Lipinski definition) is 3. The van der Waals surface area contributed by atoms with Crippen LogP contribution in [-0.4, -0.2) is 55.2 Å². The van der Waals surface area contributed by atoms with E-state index in [1.807, 2.05) is 25.9 Å². The zero-order chi connectivity index (χ0) is 16.4. The van der Waals surface area contributed by atoms with E-state index in [-0.39, 0.29) is 24.4 Å². The fourth-order valence-electron chi connectivity index (χ4n) is 2.27. The number of rotatable bonds is 10. The van der Waals surface area contributed by atoms with E-state index in [0.717, 1.165) is 19.4 Å². The van der Waals surface area contributed by atoms with E-state index in [0.29, 0.717) is 12.5 Å². The fourth-order valence-corrected chi connectivity index (χ4v) is 2.27. The lowest BCUT2D eigenvalue weighted by molar-refractivity contribution is -0.138. The van der Waals surface area contributed by atoms with Crippen LogP contribution in [0.4, 0.5) is 4.79 Å². The molecule has 0 spiro atoms. The molecule has 0 saturated carbocycles. The van der Waals surface area contributed by atoms with Gasteiger partial charge in [-0.15, -0.1) is 0 Å². The second-order valence-electron chi connectivity index (χ2n) is 6.32. The number of carboxylic acids is 1. The van der Waals surface area contributed by atoms with Crippen LogP contribution in [0.3, 0.4) is 0 Å². The summed E-state index contributed by atoms with van der Waals surface area (Å²) >= 11 is 0. The minimum absolute atomic E-state index is 0.0225. The number of amides is 2. The number of urea groups is 1. The zero-order valence-electron chi connectivity index (χ0n) is 14.0. The van der Waals surface area contributed by atoms with Gasteiger partial charge in [-0.1, -0.05) is 27.2 Å². The third kappa shape index (κ3) is 11.1. The highest BCUT2D eigenvalue weighted by molar-refractivity contribution is 5.74. The molecule has 0 heterocycles. The predicted octanol–water partition coefficient (Wildman–Crippen LogP) is 1.76. The van der Waals surface area contributed by atoms with Gasteiger partial charge in [-0.25, -0.2) is 4.79 Å². The third-order valence-electron chi connectivity index (χ3n) is 3.27. The van der Waals surface area contributed by atoms with Crippen molar-refractivity contribution in [1.82, 2.24) is 15.5 Å². The van der Waals surface area contributed by atoms with Gasteiger partial charge in [-0.2, -0.15) is 0 Å². The molecule has 0 aromatic heterocycles. The van der Waals surface area contributed by atoms with Crippen molar-refractivity contribution in [2.45, 2.75) is 46.1 Å². The van der Waals surface area contributed by atoms with Crippen LogP contribution in [0.15, 0.2) is 0 Å². The molecule has 2 amide bonds. The highest BCUT2D eigenvalue weighted by Gasteiger charge is 2.16. The van der Waals surface area contributed by atoms with Gasteiger partial charge in [0.15, 0.2) is 0 Å². The molecule has 0 saturated heterocycles. The van der Waals surface area contributed by atoms with Crippen LogP contribution in [0, 0.1) is 11.8 Å². The molecule has 6 heteroatoms. The monoisotopic (exact) mass is 301 g/mol. The quantitative estimate of drug-likeness (QED) is 0.574. The number of nitrogens with one attached hydrogen (secondary N) is 2. The first kappa shape index (κ1) is 19.7. The molecule has 21 heavy (non-hydrogen) atoms. The summed E-state index contributed by atoms with van der Waals surface area (Å²) in [5.41, 5.74) is 0. The SMILES string of the molecule is CCC(CNC(=O)NC(CC(C)C)CN(C)C)CC(=O)O. The molecule has 124 valence electrons. The lowest BCUT2D eigenvalue weighted by Crippen LogP contribution is -2.47. The first-order valence-corrected chi connectivity index (χ1v) is 7.65. The van der Waals surface area contributed by atoms with Gasteiger partial charge in [-0.3, -0.25) is 4.79 Å². The maximum atomic E-state index is 11.9. The number of nitrogens with zero attached hydrogens (tertiary/aromatic N) is 1. The molecule has 0 aliphatic carbocycles. The van der Waals surface area contributed by atoms with Crippen molar-refractivity contribution < 1.29 is 14.7 Å². The highest BCUT2D eigenvalue weighted by Crippen LogP contribution is 2.07. The first-order valence-electron chi connectivity index (χ1n) is 7.65.